The van der Waals surface area contributed by atoms with Crippen molar-refractivity contribution in [2.45, 2.75) is 26.2 Å². The molecule has 0 spiro atoms. The van der Waals surface area contributed by atoms with E-state index in [1.54, 1.807) is 13.2 Å². The summed E-state index contributed by atoms with van der Waals surface area (Å²) in [5.74, 6) is 0.537. The summed E-state index contributed by atoms with van der Waals surface area (Å²) in [4.78, 5) is 13.3. The van der Waals surface area contributed by atoms with Crippen molar-refractivity contribution in [3.63, 3.8) is 0 Å². The molecule has 0 unspecified atom stereocenters. The molecule has 1 aromatic heterocycles. The van der Waals surface area contributed by atoms with E-state index in [0.29, 0.717) is 33.1 Å². The normalized spacial score (nSPS) is 18.6. The standard InChI is InChI=1S/C18H19N3O3S2/c1-4-14-20-21-18(26-14)15-16(22)13(25-17(15)19)9-10-6-7-11(23-3)12(8-10)24-5-2/h6-9,15,19H,4-5H2,1-3H3/b13-9-,19-17?/t15-/m1/s1. The molecule has 1 saturated heterocycles. The van der Waals surface area contributed by atoms with Crippen LogP contribution in [0, 0.1) is 5.41 Å². The number of thioether (sulfide) groups is 1. The van der Waals surface area contributed by atoms with Gasteiger partial charge in [-0.15, -0.1) is 21.5 Å². The highest BCUT2D eigenvalue weighted by Gasteiger charge is 2.39. The van der Waals surface area contributed by atoms with Crippen molar-refractivity contribution in [2.75, 3.05) is 13.7 Å². The number of hydrogen-bond donors (Lipinski definition) is 1. The predicted octanol–water partition coefficient (Wildman–Crippen LogP) is 3.93. The van der Waals surface area contributed by atoms with E-state index >= 15 is 0 Å². The van der Waals surface area contributed by atoms with Gasteiger partial charge in [-0.2, -0.15) is 0 Å². The summed E-state index contributed by atoms with van der Waals surface area (Å²) in [6, 6.07) is 5.50. The fraction of sp³-hybridized carbons (Fsp3) is 0.333. The molecule has 8 heteroatoms. The molecular weight excluding hydrogens is 370 g/mol. The number of hydrogen-bond acceptors (Lipinski definition) is 8. The van der Waals surface area contributed by atoms with Gasteiger partial charge in [0.15, 0.2) is 17.3 Å². The molecule has 0 radical (unpaired) electrons. The molecule has 1 aliphatic heterocycles. The number of ketones is 1. The molecule has 1 aliphatic rings. The first-order valence-corrected chi connectivity index (χ1v) is 9.86. The molecular formula is C18H19N3O3S2. The SMILES string of the molecule is CCOc1cc(/C=C2\SC(=N)[C@H](c3nnc(CC)s3)C2=O)ccc1OC. The lowest BCUT2D eigenvalue weighted by Crippen LogP contribution is -2.11. The highest BCUT2D eigenvalue weighted by Crippen LogP contribution is 2.42. The van der Waals surface area contributed by atoms with Crippen molar-refractivity contribution in [3.8, 4) is 11.5 Å². The Labute approximate surface area is 160 Å². The van der Waals surface area contributed by atoms with Gasteiger partial charge in [-0.3, -0.25) is 10.2 Å². The lowest BCUT2D eigenvalue weighted by atomic mass is 10.1. The van der Waals surface area contributed by atoms with E-state index in [1.807, 2.05) is 32.0 Å². The molecule has 1 aromatic carbocycles. The van der Waals surface area contributed by atoms with Crippen molar-refractivity contribution in [1.82, 2.24) is 10.2 Å². The number of nitrogens with zero attached hydrogens (tertiary/aromatic N) is 2. The molecule has 2 aromatic rings. The lowest BCUT2D eigenvalue weighted by Gasteiger charge is -2.09. The number of carbonyl (C=O) groups is 1. The Hall–Kier alpha value is -2.19. The number of methoxy groups -OCH3 is 1. The average molecular weight is 390 g/mol. The number of rotatable bonds is 6. The summed E-state index contributed by atoms with van der Waals surface area (Å²) in [6.45, 7) is 4.42. The van der Waals surface area contributed by atoms with Gasteiger partial charge in [0.1, 0.15) is 15.9 Å². The van der Waals surface area contributed by atoms with Crippen molar-refractivity contribution in [1.29, 1.82) is 5.41 Å². The van der Waals surface area contributed by atoms with Crippen LogP contribution < -0.4 is 9.47 Å². The molecule has 1 fully saturated rings. The highest BCUT2D eigenvalue weighted by molar-refractivity contribution is 8.19. The Morgan fingerprint density at radius 3 is 2.73 bits per heavy atom. The molecule has 2 heterocycles. The average Bonchev–Trinajstić information content (AvgIpc) is 3.20. The lowest BCUT2D eigenvalue weighted by molar-refractivity contribution is -0.114. The number of nitrogens with one attached hydrogen (secondary N) is 1. The van der Waals surface area contributed by atoms with Gasteiger partial charge in [-0.1, -0.05) is 24.8 Å². The van der Waals surface area contributed by atoms with Crippen molar-refractivity contribution in [2.24, 2.45) is 0 Å². The van der Waals surface area contributed by atoms with Gasteiger partial charge in [0.05, 0.1) is 23.7 Å². The van der Waals surface area contributed by atoms with Gasteiger partial charge in [0, 0.05) is 0 Å². The molecule has 6 nitrogen and oxygen atoms in total. The first-order chi connectivity index (χ1) is 12.6. The van der Waals surface area contributed by atoms with E-state index in [9.17, 15) is 4.79 Å². The van der Waals surface area contributed by atoms with Crippen LogP contribution in [0.4, 0.5) is 0 Å². The zero-order valence-electron chi connectivity index (χ0n) is 14.7. The first-order valence-electron chi connectivity index (χ1n) is 8.22. The monoisotopic (exact) mass is 389 g/mol. The molecule has 0 bridgehead atoms. The number of carbonyl (C=O) groups excluding carboxylic acids is 1. The second-order valence-electron chi connectivity index (χ2n) is 5.50. The van der Waals surface area contributed by atoms with Crippen LogP contribution in [0.25, 0.3) is 6.08 Å². The molecule has 0 amide bonds. The van der Waals surface area contributed by atoms with Crippen molar-refractivity contribution in [3.05, 3.63) is 38.7 Å². The molecule has 1 N–H and O–H groups in total. The second-order valence-corrected chi connectivity index (χ2v) is 7.68. The minimum absolute atomic E-state index is 0.104. The predicted molar refractivity (Wildman–Crippen MR) is 104 cm³/mol. The fourth-order valence-electron chi connectivity index (χ4n) is 2.54. The van der Waals surface area contributed by atoms with Gasteiger partial charge >= 0.3 is 0 Å². The largest absolute Gasteiger partial charge is 0.493 e. The maximum Gasteiger partial charge on any atom is 0.186 e. The summed E-state index contributed by atoms with van der Waals surface area (Å²) >= 11 is 2.58. The Kier molecular flexibility index (Phi) is 5.73. The third-order valence-electron chi connectivity index (χ3n) is 3.80. The van der Waals surface area contributed by atoms with Crippen LogP contribution in [-0.4, -0.2) is 34.7 Å². The van der Waals surface area contributed by atoms with Gasteiger partial charge < -0.3 is 9.47 Å². The van der Waals surface area contributed by atoms with E-state index in [0.717, 1.165) is 17.0 Å². The number of benzene rings is 1. The van der Waals surface area contributed by atoms with Crippen LogP contribution >= 0.6 is 23.1 Å². The van der Waals surface area contributed by atoms with E-state index in [1.165, 1.54) is 23.1 Å². The quantitative estimate of drug-likeness (QED) is 0.754. The van der Waals surface area contributed by atoms with Gasteiger partial charge in [-0.25, -0.2) is 0 Å². The van der Waals surface area contributed by atoms with Crippen molar-refractivity contribution >= 4 is 40.0 Å². The first kappa shape index (κ1) is 18.6. The molecule has 0 saturated carbocycles. The number of allylic oxidation sites excluding steroid dienone is 1. The third-order valence-corrected chi connectivity index (χ3v) is 5.93. The van der Waals surface area contributed by atoms with E-state index in [2.05, 4.69) is 10.2 Å². The zero-order chi connectivity index (χ0) is 18.7. The highest BCUT2D eigenvalue weighted by atomic mass is 32.2. The van der Waals surface area contributed by atoms with Gasteiger partial charge in [0.2, 0.25) is 0 Å². The molecule has 3 rings (SSSR count). The van der Waals surface area contributed by atoms with Crippen LogP contribution in [0.2, 0.25) is 0 Å². The van der Waals surface area contributed by atoms with Crippen LogP contribution in [-0.2, 0) is 11.2 Å². The fourth-order valence-corrected chi connectivity index (χ4v) is 4.50. The zero-order valence-corrected chi connectivity index (χ0v) is 16.4. The maximum absolute atomic E-state index is 12.8. The number of aryl methyl sites for hydroxylation is 1. The van der Waals surface area contributed by atoms with Gasteiger partial charge in [-0.05, 0) is 37.1 Å². The van der Waals surface area contributed by atoms with E-state index in [-0.39, 0.29) is 5.78 Å². The smallest absolute Gasteiger partial charge is 0.186 e. The summed E-state index contributed by atoms with van der Waals surface area (Å²) in [5, 5.41) is 18.1. The van der Waals surface area contributed by atoms with E-state index < -0.39 is 5.92 Å². The maximum atomic E-state index is 12.8. The summed E-state index contributed by atoms with van der Waals surface area (Å²) < 4.78 is 10.9. The second kappa shape index (κ2) is 8.01. The third kappa shape index (κ3) is 3.66. The molecule has 26 heavy (non-hydrogen) atoms. The summed E-state index contributed by atoms with van der Waals surface area (Å²) in [7, 11) is 1.59. The van der Waals surface area contributed by atoms with Crippen LogP contribution in [0.3, 0.4) is 0 Å². The Morgan fingerprint density at radius 1 is 1.27 bits per heavy atom. The number of Topliss-reactive ketones (excluding diaryl/α,β-unsaturated/α-hetero) is 1. The number of aromatic nitrogens is 2. The van der Waals surface area contributed by atoms with Crippen molar-refractivity contribution < 1.29 is 14.3 Å². The Balaban J connectivity index is 1.89. The van der Waals surface area contributed by atoms with Crippen LogP contribution in [0.5, 0.6) is 11.5 Å². The summed E-state index contributed by atoms with van der Waals surface area (Å²) in [5.41, 5.74) is 0.824. The molecule has 136 valence electrons. The molecule has 1 atom stereocenters. The molecule has 0 aliphatic carbocycles. The topological polar surface area (TPSA) is 85.2 Å². The Morgan fingerprint density at radius 2 is 2.08 bits per heavy atom. The number of ether oxygens (including phenoxy) is 2. The van der Waals surface area contributed by atoms with Crippen LogP contribution in [0.1, 0.15) is 35.3 Å². The van der Waals surface area contributed by atoms with Gasteiger partial charge in [0.25, 0.3) is 0 Å². The minimum Gasteiger partial charge on any atom is -0.493 e. The van der Waals surface area contributed by atoms with Crippen LogP contribution in [0.15, 0.2) is 23.1 Å². The minimum atomic E-state index is -0.631. The Bertz CT molecular complexity index is 876. The van der Waals surface area contributed by atoms with E-state index in [4.69, 9.17) is 14.9 Å². The summed E-state index contributed by atoms with van der Waals surface area (Å²) in [6.07, 6.45) is 2.55.